The molecule has 2 nitrogen and oxygen atoms in total. The third-order valence-electron chi connectivity index (χ3n) is 5.79. The third-order valence-corrected chi connectivity index (χ3v) is 8.01. The molecule has 3 heteroatoms. The lowest BCUT2D eigenvalue weighted by atomic mass is 9.89. The Morgan fingerprint density at radius 3 is 2.00 bits per heavy atom. The van der Waals surface area contributed by atoms with Gasteiger partial charge in [-0.1, -0.05) is 73.6 Å². The van der Waals surface area contributed by atoms with Gasteiger partial charge in [0.05, 0.1) is 16.5 Å². The molecule has 0 aromatic heterocycles. The van der Waals surface area contributed by atoms with Crippen LogP contribution < -0.4 is 0 Å². The van der Waals surface area contributed by atoms with E-state index in [2.05, 4.69) is 66.4 Å². The highest BCUT2D eigenvalue weighted by atomic mass is 32.2. The summed E-state index contributed by atoms with van der Waals surface area (Å²) in [5.74, 6) is 6.69. The molecule has 0 bridgehead atoms. The first kappa shape index (κ1) is 23.2. The van der Waals surface area contributed by atoms with Gasteiger partial charge in [0, 0.05) is 12.0 Å². The molecule has 0 unspecified atom stereocenters. The zero-order valence-electron chi connectivity index (χ0n) is 19.4. The maximum absolute atomic E-state index is 13.1. The lowest BCUT2D eigenvalue weighted by Gasteiger charge is -2.21. The highest BCUT2D eigenvalue weighted by Crippen LogP contribution is 2.31. The smallest absolute Gasteiger partial charge is 0.339 e. The minimum atomic E-state index is -0.814. The highest BCUT2D eigenvalue weighted by molar-refractivity contribution is 7.97. The van der Waals surface area contributed by atoms with Crippen LogP contribution in [-0.2, 0) is 15.6 Å². The minimum absolute atomic E-state index is 0.307. The fourth-order valence-electron chi connectivity index (χ4n) is 4.11. The van der Waals surface area contributed by atoms with Crippen LogP contribution in [0.4, 0.5) is 0 Å². The van der Waals surface area contributed by atoms with Gasteiger partial charge in [-0.25, -0.2) is 4.79 Å². The lowest BCUT2D eigenvalue weighted by molar-refractivity contribution is 0.0203. The molecule has 0 amide bonds. The maximum Gasteiger partial charge on any atom is 0.339 e. The predicted octanol–water partition coefficient (Wildman–Crippen LogP) is 7.30. The molecule has 1 aliphatic carbocycles. The SMILES string of the molecule is CC(C)(C#CC1CCCCC1)OC(=O)c1cccc([S+](c2ccccc2)c2ccccc2)c1. The number of ether oxygens (including phenoxy) is 1. The maximum atomic E-state index is 13.1. The van der Waals surface area contributed by atoms with Crippen molar-refractivity contribution in [2.45, 2.75) is 66.2 Å². The number of benzene rings is 3. The van der Waals surface area contributed by atoms with Gasteiger partial charge >= 0.3 is 5.97 Å². The summed E-state index contributed by atoms with van der Waals surface area (Å²) in [4.78, 5) is 16.6. The van der Waals surface area contributed by atoms with E-state index < -0.39 is 5.60 Å². The average molecular weight is 456 g/mol. The fourth-order valence-corrected chi connectivity index (χ4v) is 6.24. The summed E-state index contributed by atoms with van der Waals surface area (Å²) < 4.78 is 5.85. The van der Waals surface area contributed by atoms with Crippen LogP contribution >= 0.6 is 0 Å². The molecular weight excluding hydrogens is 424 g/mol. The van der Waals surface area contributed by atoms with E-state index in [0.717, 1.165) is 17.7 Å². The van der Waals surface area contributed by atoms with Gasteiger partial charge in [0.25, 0.3) is 0 Å². The first-order valence-electron chi connectivity index (χ1n) is 11.7. The van der Waals surface area contributed by atoms with Crippen molar-refractivity contribution in [3.8, 4) is 11.8 Å². The van der Waals surface area contributed by atoms with Crippen LogP contribution in [0.3, 0.4) is 0 Å². The lowest BCUT2D eigenvalue weighted by Crippen LogP contribution is -2.26. The van der Waals surface area contributed by atoms with Gasteiger partial charge in [-0.05, 0) is 63.1 Å². The quantitative estimate of drug-likeness (QED) is 0.229. The zero-order valence-corrected chi connectivity index (χ0v) is 20.2. The van der Waals surface area contributed by atoms with Gasteiger partial charge in [0.1, 0.15) is 0 Å². The van der Waals surface area contributed by atoms with Crippen LogP contribution in [0.5, 0.6) is 0 Å². The first-order chi connectivity index (χ1) is 16.0. The Kier molecular flexibility index (Phi) is 7.57. The molecule has 0 heterocycles. The molecule has 0 atom stereocenters. The summed E-state index contributed by atoms with van der Waals surface area (Å²) in [5.41, 5.74) is -0.255. The molecular formula is C30H31O2S+. The molecule has 0 saturated heterocycles. The molecule has 3 aromatic carbocycles. The van der Waals surface area contributed by atoms with Gasteiger partial charge in [-0.2, -0.15) is 0 Å². The number of hydrogen-bond donors (Lipinski definition) is 0. The van der Waals surface area contributed by atoms with E-state index >= 15 is 0 Å². The van der Waals surface area contributed by atoms with Crippen molar-refractivity contribution >= 4 is 16.9 Å². The predicted molar refractivity (Wildman–Crippen MR) is 135 cm³/mol. The molecule has 1 fully saturated rings. The molecule has 33 heavy (non-hydrogen) atoms. The number of carbonyl (C=O) groups excluding carboxylic acids is 1. The summed E-state index contributed by atoms with van der Waals surface area (Å²) in [6, 6.07) is 28.7. The molecule has 1 saturated carbocycles. The average Bonchev–Trinajstić information content (AvgIpc) is 2.85. The van der Waals surface area contributed by atoms with E-state index in [1.807, 2.05) is 44.2 Å². The van der Waals surface area contributed by atoms with Crippen LogP contribution in [0.25, 0.3) is 0 Å². The summed E-state index contributed by atoms with van der Waals surface area (Å²) in [5, 5.41) is 0. The summed E-state index contributed by atoms with van der Waals surface area (Å²) in [7, 11) is -0.307. The molecule has 0 spiro atoms. The molecule has 3 aromatic rings. The standard InChI is InChI=1S/C30H31O2S/c1-30(2,22-21-24-13-6-3-7-14-24)32-29(31)25-15-12-20-28(23-25)33(26-16-8-4-9-17-26)27-18-10-5-11-19-27/h4-5,8-12,15-20,23-24H,3,6-7,13-14H2,1-2H3/q+1. The summed E-state index contributed by atoms with van der Waals surface area (Å²) in [6.07, 6.45) is 6.11. The fraction of sp³-hybridized carbons (Fsp3) is 0.300. The Balaban J connectivity index is 1.57. The van der Waals surface area contributed by atoms with Crippen LogP contribution in [-0.4, -0.2) is 11.6 Å². The van der Waals surface area contributed by atoms with E-state index in [4.69, 9.17) is 4.74 Å². The van der Waals surface area contributed by atoms with Gasteiger partial charge < -0.3 is 4.74 Å². The monoisotopic (exact) mass is 455 g/mol. The third kappa shape index (κ3) is 6.30. The molecule has 4 rings (SSSR count). The van der Waals surface area contributed by atoms with Crippen molar-refractivity contribution in [2.24, 2.45) is 5.92 Å². The van der Waals surface area contributed by atoms with Crippen LogP contribution in [0.2, 0.25) is 0 Å². The number of hydrogen-bond acceptors (Lipinski definition) is 2. The Labute approximate surface area is 200 Å². The Hall–Kier alpha value is -2.96. The largest absolute Gasteiger partial charge is 0.443 e. The minimum Gasteiger partial charge on any atom is -0.443 e. The molecule has 0 aliphatic heterocycles. The van der Waals surface area contributed by atoms with Gasteiger partial charge in [-0.3, -0.25) is 0 Å². The van der Waals surface area contributed by atoms with Gasteiger partial charge in [0.2, 0.25) is 0 Å². The van der Waals surface area contributed by atoms with E-state index in [9.17, 15) is 4.79 Å². The number of esters is 1. The molecule has 0 radical (unpaired) electrons. The zero-order chi connectivity index (χ0) is 23.1. The molecule has 168 valence electrons. The van der Waals surface area contributed by atoms with E-state index in [0.29, 0.717) is 11.5 Å². The topological polar surface area (TPSA) is 26.3 Å². The Bertz CT molecular complexity index is 1080. The summed E-state index contributed by atoms with van der Waals surface area (Å²) >= 11 is 0. The molecule has 1 aliphatic rings. The van der Waals surface area contributed by atoms with Gasteiger partial charge in [-0.15, -0.1) is 0 Å². The number of rotatable bonds is 5. The second kappa shape index (κ2) is 10.8. The Morgan fingerprint density at radius 1 is 0.818 bits per heavy atom. The molecule has 0 N–H and O–H groups in total. The van der Waals surface area contributed by atoms with Crippen LogP contribution in [0, 0.1) is 17.8 Å². The highest BCUT2D eigenvalue weighted by Gasteiger charge is 2.30. The first-order valence-corrected chi connectivity index (χ1v) is 12.9. The van der Waals surface area contributed by atoms with E-state index in [1.165, 1.54) is 29.1 Å². The second-order valence-corrected chi connectivity index (χ2v) is 11.0. The second-order valence-electron chi connectivity index (χ2n) is 8.96. The van der Waals surface area contributed by atoms with Crippen molar-refractivity contribution in [1.29, 1.82) is 0 Å². The van der Waals surface area contributed by atoms with E-state index in [1.54, 1.807) is 0 Å². The van der Waals surface area contributed by atoms with Crippen LogP contribution in [0.1, 0.15) is 56.3 Å². The van der Waals surface area contributed by atoms with Crippen molar-refractivity contribution in [3.05, 3.63) is 90.5 Å². The summed E-state index contributed by atoms with van der Waals surface area (Å²) in [6.45, 7) is 3.76. The van der Waals surface area contributed by atoms with Crippen molar-refractivity contribution in [1.82, 2.24) is 0 Å². The van der Waals surface area contributed by atoms with Crippen molar-refractivity contribution in [2.75, 3.05) is 0 Å². The van der Waals surface area contributed by atoms with Crippen LogP contribution in [0.15, 0.2) is 99.6 Å². The van der Waals surface area contributed by atoms with E-state index in [-0.39, 0.29) is 16.9 Å². The van der Waals surface area contributed by atoms with Crippen molar-refractivity contribution < 1.29 is 9.53 Å². The Morgan fingerprint density at radius 2 is 1.39 bits per heavy atom. The number of carbonyl (C=O) groups is 1. The normalized spacial score (nSPS) is 14.4. The van der Waals surface area contributed by atoms with Crippen molar-refractivity contribution in [3.63, 3.8) is 0 Å². The van der Waals surface area contributed by atoms with Gasteiger partial charge in [0.15, 0.2) is 20.3 Å².